The number of likely N-dealkylation sites (tertiary alicyclic amines) is 2. The number of aliphatic imine (C=N–C) groups is 1. The van der Waals surface area contributed by atoms with Gasteiger partial charge in [-0.05, 0) is 45.0 Å². The molecule has 0 aliphatic carbocycles. The van der Waals surface area contributed by atoms with Crippen molar-refractivity contribution in [2.24, 2.45) is 4.99 Å². The van der Waals surface area contributed by atoms with Crippen LogP contribution in [0.4, 0.5) is 0 Å². The molecule has 0 radical (unpaired) electrons. The monoisotopic (exact) mass is 486 g/mol. The average Bonchev–Trinajstić information content (AvgIpc) is 3.14. The molecule has 1 N–H and O–H groups in total. The highest BCUT2D eigenvalue weighted by Gasteiger charge is 2.25. The first kappa shape index (κ1) is 22.3. The molecule has 0 amide bonds. The van der Waals surface area contributed by atoms with Gasteiger partial charge in [0.05, 0.1) is 6.54 Å². The molecule has 0 saturated carbocycles. The van der Waals surface area contributed by atoms with E-state index >= 15 is 0 Å². The lowest BCUT2D eigenvalue weighted by Crippen LogP contribution is -2.48. The summed E-state index contributed by atoms with van der Waals surface area (Å²) in [5, 5.41) is 3.49. The van der Waals surface area contributed by atoms with Crippen molar-refractivity contribution in [3.63, 3.8) is 0 Å². The van der Waals surface area contributed by atoms with Crippen LogP contribution in [-0.2, 0) is 0 Å². The van der Waals surface area contributed by atoms with Gasteiger partial charge in [-0.15, -0.1) is 24.0 Å². The highest BCUT2D eigenvalue weighted by molar-refractivity contribution is 14.0. The fraction of sp³-hybridized carbons (Fsp3) is 0.667. The summed E-state index contributed by atoms with van der Waals surface area (Å²) in [6.45, 7) is 10.6. The van der Waals surface area contributed by atoms with Crippen molar-refractivity contribution in [1.82, 2.24) is 15.1 Å². The molecule has 0 spiro atoms. The largest absolute Gasteiger partial charge is 0.490 e. The topological polar surface area (TPSA) is 40.1 Å². The highest BCUT2D eigenvalue weighted by atomic mass is 127. The van der Waals surface area contributed by atoms with Crippen molar-refractivity contribution in [2.75, 3.05) is 39.3 Å². The quantitative estimate of drug-likeness (QED) is 0.379. The average molecular weight is 486 g/mol. The summed E-state index contributed by atoms with van der Waals surface area (Å²) in [6.07, 6.45) is 4.99. The van der Waals surface area contributed by atoms with E-state index in [-0.39, 0.29) is 24.0 Å². The molecule has 2 aliphatic heterocycles. The minimum Gasteiger partial charge on any atom is -0.490 e. The number of benzene rings is 1. The second-order valence-corrected chi connectivity index (χ2v) is 7.24. The lowest BCUT2D eigenvalue weighted by Gasteiger charge is -2.34. The second kappa shape index (κ2) is 11.7. The smallest absolute Gasteiger partial charge is 0.193 e. The van der Waals surface area contributed by atoms with Gasteiger partial charge in [-0.1, -0.05) is 25.1 Å². The van der Waals surface area contributed by atoms with Crippen molar-refractivity contribution in [1.29, 1.82) is 0 Å². The summed E-state index contributed by atoms with van der Waals surface area (Å²) >= 11 is 0. The summed E-state index contributed by atoms with van der Waals surface area (Å²) in [5.74, 6) is 2.06. The molecule has 1 unspecified atom stereocenters. The van der Waals surface area contributed by atoms with Crippen LogP contribution in [0.25, 0.3) is 0 Å². The predicted molar refractivity (Wildman–Crippen MR) is 123 cm³/mol. The van der Waals surface area contributed by atoms with E-state index in [4.69, 9.17) is 9.73 Å². The summed E-state index contributed by atoms with van der Waals surface area (Å²) in [4.78, 5) is 9.94. The maximum absolute atomic E-state index is 6.12. The van der Waals surface area contributed by atoms with Gasteiger partial charge in [0.2, 0.25) is 0 Å². The molecule has 5 nitrogen and oxygen atoms in total. The minimum atomic E-state index is 0. The Labute approximate surface area is 181 Å². The Kier molecular flexibility index (Phi) is 9.68. The van der Waals surface area contributed by atoms with Crippen molar-refractivity contribution in [3.05, 3.63) is 30.3 Å². The van der Waals surface area contributed by atoms with E-state index < -0.39 is 0 Å². The number of rotatable bonds is 6. The van der Waals surface area contributed by atoms with Crippen LogP contribution in [0.1, 0.15) is 39.5 Å². The van der Waals surface area contributed by atoms with Gasteiger partial charge in [0, 0.05) is 38.5 Å². The second-order valence-electron chi connectivity index (χ2n) is 7.24. The molecule has 2 heterocycles. The summed E-state index contributed by atoms with van der Waals surface area (Å²) < 4.78 is 6.12. The van der Waals surface area contributed by atoms with Crippen LogP contribution < -0.4 is 10.1 Å². The Hall–Kier alpha value is -1.02. The molecular formula is C21H35IN4O. The number of hydrogen-bond donors (Lipinski definition) is 1. The third kappa shape index (κ3) is 6.52. The molecule has 27 heavy (non-hydrogen) atoms. The van der Waals surface area contributed by atoms with Crippen molar-refractivity contribution < 1.29 is 4.74 Å². The maximum Gasteiger partial charge on any atom is 0.193 e. The Morgan fingerprint density at radius 2 is 1.85 bits per heavy atom. The van der Waals surface area contributed by atoms with E-state index in [0.29, 0.717) is 12.1 Å². The molecule has 2 fully saturated rings. The molecule has 0 bridgehead atoms. The predicted octanol–water partition coefficient (Wildman–Crippen LogP) is 3.60. The highest BCUT2D eigenvalue weighted by Crippen LogP contribution is 2.20. The van der Waals surface area contributed by atoms with Crippen LogP contribution in [0.3, 0.4) is 0 Å². The number of nitrogens with zero attached hydrogens (tertiary/aromatic N) is 3. The Balaban J connectivity index is 0.00000261. The number of halogens is 1. The number of guanidine groups is 1. The molecule has 1 atom stereocenters. The van der Waals surface area contributed by atoms with Gasteiger partial charge in [-0.2, -0.15) is 0 Å². The van der Waals surface area contributed by atoms with Crippen LogP contribution in [0.2, 0.25) is 0 Å². The standard InChI is InChI=1S/C21H34N4O.HI/c1-3-22-21(23-17-18-9-8-14-24(18)4-2)25-15-12-20(13-16-25)26-19-10-6-5-7-11-19;/h5-7,10-11,18,20H,3-4,8-9,12-17H2,1-2H3,(H,22,23);1H. The third-order valence-corrected chi connectivity index (χ3v) is 5.48. The Morgan fingerprint density at radius 3 is 2.52 bits per heavy atom. The first-order valence-corrected chi connectivity index (χ1v) is 10.3. The van der Waals surface area contributed by atoms with Crippen molar-refractivity contribution in [3.8, 4) is 5.75 Å². The van der Waals surface area contributed by atoms with E-state index in [1.165, 1.54) is 19.4 Å². The van der Waals surface area contributed by atoms with Crippen LogP contribution in [-0.4, -0.2) is 67.2 Å². The molecule has 152 valence electrons. The molecule has 3 rings (SSSR count). The fourth-order valence-electron chi connectivity index (χ4n) is 4.01. The van der Waals surface area contributed by atoms with Gasteiger partial charge in [-0.25, -0.2) is 0 Å². The first-order valence-electron chi connectivity index (χ1n) is 10.3. The van der Waals surface area contributed by atoms with Gasteiger partial charge in [0.1, 0.15) is 11.9 Å². The fourth-order valence-corrected chi connectivity index (χ4v) is 4.01. The number of piperidine rings is 1. The van der Waals surface area contributed by atoms with E-state index in [2.05, 4.69) is 29.0 Å². The summed E-state index contributed by atoms with van der Waals surface area (Å²) in [5.41, 5.74) is 0. The SMILES string of the molecule is CCNC(=NCC1CCCN1CC)N1CCC(Oc2ccccc2)CC1.I. The number of likely N-dealkylation sites (N-methyl/N-ethyl adjacent to an activating group) is 1. The molecule has 2 aliphatic rings. The Bertz CT molecular complexity index is 561. The van der Waals surface area contributed by atoms with Gasteiger partial charge in [0.15, 0.2) is 5.96 Å². The third-order valence-electron chi connectivity index (χ3n) is 5.48. The lowest BCUT2D eigenvalue weighted by atomic mass is 10.1. The lowest BCUT2D eigenvalue weighted by molar-refractivity contribution is 0.129. The van der Waals surface area contributed by atoms with Crippen LogP contribution >= 0.6 is 24.0 Å². The summed E-state index contributed by atoms with van der Waals surface area (Å²) in [6, 6.07) is 10.8. The van der Waals surface area contributed by atoms with Gasteiger partial charge >= 0.3 is 0 Å². The number of hydrogen-bond acceptors (Lipinski definition) is 3. The van der Waals surface area contributed by atoms with Crippen LogP contribution in [0.15, 0.2) is 35.3 Å². The Morgan fingerprint density at radius 1 is 1.11 bits per heavy atom. The van der Waals surface area contributed by atoms with Crippen LogP contribution in [0.5, 0.6) is 5.75 Å². The molecule has 0 aromatic heterocycles. The number of para-hydroxylation sites is 1. The van der Waals surface area contributed by atoms with E-state index in [1.807, 2.05) is 30.3 Å². The zero-order chi connectivity index (χ0) is 18.2. The molecular weight excluding hydrogens is 451 g/mol. The molecule has 1 aromatic rings. The molecule has 6 heteroatoms. The zero-order valence-electron chi connectivity index (χ0n) is 16.8. The first-order chi connectivity index (χ1) is 12.8. The molecule has 2 saturated heterocycles. The number of ether oxygens (including phenoxy) is 1. The minimum absolute atomic E-state index is 0. The summed E-state index contributed by atoms with van der Waals surface area (Å²) in [7, 11) is 0. The van der Waals surface area contributed by atoms with Crippen LogP contribution in [0, 0.1) is 0 Å². The zero-order valence-corrected chi connectivity index (χ0v) is 19.1. The van der Waals surface area contributed by atoms with E-state index in [9.17, 15) is 0 Å². The maximum atomic E-state index is 6.12. The van der Waals surface area contributed by atoms with Gasteiger partial charge in [-0.3, -0.25) is 9.89 Å². The molecule has 1 aromatic carbocycles. The van der Waals surface area contributed by atoms with Crippen molar-refractivity contribution in [2.45, 2.75) is 51.7 Å². The van der Waals surface area contributed by atoms with E-state index in [1.54, 1.807) is 0 Å². The van der Waals surface area contributed by atoms with Gasteiger partial charge < -0.3 is 15.0 Å². The normalized spacial score (nSPS) is 21.8. The number of nitrogens with one attached hydrogen (secondary N) is 1. The van der Waals surface area contributed by atoms with Crippen molar-refractivity contribution >= 4 is 29.9 Å². The van der Waals surface area contributed by atoms with E-state index in [0.717, 1.165) is 57.3 Å². The van der Waals surface area contributed by atoms with Gasteiger partial charge in [0.25, 0.3) is 0 Å².